The maximum atomic E-state index is 13.9. The van der Waals surface area contributed by atoms with Gasteiger partial charge in [0.05, 0.1) is 18.8 Å². The van der Waals surface area contributed by atoms with E-state index in [0.29, 0.717) is 24.5 Å². The van der Waals surface area contributed by atoms with Gasteiger partial charge in [-0.05, 0) is 53.8 Å². The molecule has 3 aromatic carbocycles. The number of hydrogen-bond acceptors (Lipinski definition) is 6. The van der Waals surface area contributed by atoms with Crippen molar-refractivity contribution in [1.29, 1.82) is 0 Å². The van der Waals surface area contributed by atoms with E-state index in [1.54, 1.807) is 6.07 Å². The first-order valence-electron chi connectivity index (χ1n) is 13.9. The molecule has 4 rings (SSSR count). The zero-order valence-corrected chi connectivity index (χ0v) is 23.5. The van der Waals surface area contributed by atoms with Gasteiger partial charge in [-0.1, -0.05) is 66.7 Å². The van der Waals surface area contributed by atoms with Crippen LogP contribution >= 0.6 is 0 Å². The summed E-state index contributed by atoms with van der Waals surface area (Å²) < 4.78 is 10.9. The fraction of sp³-hybridized carbons (Fsp3) is 0.242. The van der Waals surface area contributed by atoms with Gasteiger partial charge in [-0.15, -0.1) is 0 Å². The Kier molecular flexibility index (Phi) is 10.5. The molecule has 9 heteroatoms. The molecule has 0 saturated carbocycles. The topological polar surface area (TPSA) is 150 Å². The molecule has 0 aliphatic rings. The van der Waals surface area contributed by atoms with Crippen molar-refractivity contribution in [1.82, 2.24) is 10.6 Å². The lowest BCUT2D eigenvalue weighted by molar-refractivity contribution is -0.129. The zero-order valence-electron chi connectivity index (χ0n) is 23.5. The Balaban J connectivity index is 1.57. The van der Waals surface area contributed by atoms with Crippen LogP contribution in [0.25, 0.3) is 0 Å². The summed E-state index contributed by atoms with van der Waals surface area (Å²) in [4.78, 5) is 39.5. The van der Waals surface area contributed by atoms with Crippen LogP contribution in [-0.2, 0) is 35.5 Å². The number of amides is 3. The molecule has 218 valence electrons. The maximum absolute atomic E-state index is 13.9. The van der Waals surface area contributed by atoms with Gasteiger partial charge in [0, 0.05) is 25.1 Å². The molecule has 6 N–H and O–H groups in total. The number of benzene rings is 3. The number of nitrogens with two attached hydrogens (primary N) is 2. The molecule has 3 amide bonds. The molecule has 1 aromatic heterocycles. The van der Waals surface area contributed by atoms with Crippen molar-refractivity contribution in [3.8, 4) is 5.75 Å². The van der Waals surface area contributed by atoms with Crippen LogP contribution in [0.2, 0.25) is 0 Å². The predicted octanol–water partition coefficient (Wildman–Crippen LogP) is 3.61. The molecule has 0 bridgehead atoms. The maximum Gasteiger partial charge on any atom is 0.284 e. The summed E-state index contributed by atoms with van der Waals surface area (Å²) in [6, 6.07) is 25.1. The Morgan fingerprint density at radius 3 is 2.10 bits per heavy atom. The van der Waals surface area contributed by atoms with Crippen LogP contribution < -0.4 is 26.8 Å². The van der Waals surface area contributed by atoms with E-state index in [0.717, 1.165) is 22.3 Å². The molecule has 4 aromatic rings. The van der Waals surface area contributed by atoms with Gasteiger partial charge in [0.1, 0.15) is 11.8 Å². The first-order valence-corrected chi connectivity index (χ1v) is 13.9. The molecule has 42 heavy (non-hydrogen) atoms. The van der Waals surface area contributed by atoms with E-state index >= 15 is 0 Å². The fourth-order valence-electron chi connectivity index (χ4n) is 4.70. The van der Waals surface area contributed by atoms with Gasteiger partial charge in [-0.3, -0.25) is 14.4 Å². The van der Waals surface area contributed by atoms with E-state index in [2.05, 4.69) is 10.6 Å². The molecule has 0 radical (unpaired) electrons. The van der Waals surface area contributed by atoms with Crippen LogP contribution in [0.15, 0.2) is 95.6 Å². The van der Waals surface area contributed by atoms with Gasteiger partial charge < -0.3 is 31.3 Å². The highest BCUT2D eigenvalue weighted by molar-refractivity contribution is 5.96. The highest BCUT2D eigenvalue weighted by Gasteiger charge is 2.31. The molecule has 0 unspecified atom stereocenters. The standard InChI is InChI=1S/C33H36N4O5/c1-2-41-26-14-12-23(13-15-26)18-28(27-16-17-42-30(27)31(35)38)32(39)37-29(19-22-6-4-3-5-7-22)33(40)36-21-25-10-8-24(20-34)9-11-25/h3-17,28-29H,2,18-21,34H2,1H3,(H2,35,38)(H,36,40)(H,37,39)/t28-,29+/m1/s1. The van der Waals surface area contributed by atoms with Gasteiger partial charge in [0.25, 0.3) is 5.91 Å². The lowest BCUT2D eigenvalue weighted by Crippen LogP contribution is -2.49. The molecule has 0 saturated heterocycles. The molecule has 0 fully saturated rings. The van der Waals surface area contributed by atoms with E-state index in [9.17, 15) is 14.4 Å². The van der Waals surface area contributed by atoms with Crippen LogP contribution in [0.4, 0.5) is 0 Å². The van der Waals surface area contributed by atoms with Crippen molar-refractivity contribution in [2.75, 3.05) is 6.61 Å². The van der Waals surface area contributed by atoms with Crippen LogP contribution in [-0.4, -0.2) is 30.4 Å². The Morgan fingerprint density at radius 1 is 0.810 bits per heavy atom. The number of rotatable bonds is 14. The zero-order chi connectivity index (χ0) is 29.9. The number of ether oxygens (including phenoxy) is 1. The van der Waals surface area contributed by atoms with Crippen molar-refractivity contribution in [2.45, 2.75) is 44.8 Å². The Hall–Kier alpha value is -4.89. The third-order valence-electron chi connectivity index (χ3n) is 6.93. The molecule has 0 spiro atoms. The summed E-state index contributed by atoms with van der Waals surface area (Å²) in [6.45, 7) is 3.15. The molecule has 9 nitrogen and oxygen atoms in total. The van der Waals surface area contributed by atoms with Crippen LogP contribution in [0.3, 0.4) is 0 Å². The van der Waals surface area contributed by atoms with E-state index < -0.39 is 23.8 Å². The Labute approximate surface area is 245 Å². The molecular formula is C33H36N4O5. The predicted molar refractivity (Wildman–Crippen MR) is 160 cm³/mol. The summed E-state index contributed by atoms with van der Waals surface area (Å²) in [7, 11) is 0. The van der Waals surface area contributed by atoms with Crippen molar-refractivity contribution in [2.24, 2.45) is 11.5 Å². The second-order valence-corrected chi connectivity index (χ2v) is 9.89. The first-order chi connectivity index (χ1) is 20.4. The van der Waals surface area contributed by atoms with Crippen LogP contribution in [0.5, 0.6) is 5.75 Å². The number of primary amides is 1. The monoisotopic (exact) mass is 568 g/mol. The van der Waals surface area contributed by atoms with Gasteiger partial charge in [-0.2, -0.15) is 0 Å². The average Bonchev–Trinajstić information content (AvgIpc) is 3.50. The van der Waals surface area contributed by atoms with Gasteiger partial charge in [0.15, 0.2) is 5.76 Å². The average molecular weight is 569 g/mol. The summed E-state index contributed by atoms with van der Waals surface area (Å²) >= 11 is 0. The summed E-state index contributed by atoms with van der Waals surface area (Å²) in [5.41, 5.74) is 15.2. The number of nitrogens with one attached hydrogen (secondary N) is 2. The quantitative estimate of drug-likeness (QED) is 0.183. The fourth-order valence-corrected chi connectivity index (χ4v) is 4.70. The second kappa shape index (κ2) is 14.7. The van der Waals surface area contributed by atoms with E-state index in [-0.39, 0.29) is 31.1 Å². The van der Waals surface area contributed by atoms with Crippen LogP contribution in [0, 0.1) is 0 Å². The van der Waals surface area contributed by atoms with E-state index in [1.165, 1.54) is 6.26 Å². The minimum absolute atomic E-state index is 0.0916. The Bertz CT molecular complexity index is 1470. The van der Waals surface area contributed by atoms with Crippen molar-refractivity contribution in [3.63, 3.8) is 0 Å². The van der Waals surface area contributed by atoms with Gasteiger partial charge in [0.2, 0.25) is 11.8 Å². The molecule has 0 aliphatic heterocycles. The van der Waals surface area contributed by atoms with Crippen molar-refractivity contribution in [3.05, 3.63) is 125 Å². The number of hydrogen-bond donors (Lipinski definition) is 4. The van der Waals surface area contributed by atoms with Crippen molar-refractivity contribution >= 4 is 17.7 Å². The number of carbonyl (C=O) groups is 3. The number of carbonyl (C=O) groups excluding carboxylic acids is 3. The number of furan rings is 1. The van der Waals surface area contributed by atoms with E-state index in [1.807, 2.05) is 85.8 Å². The minimum atomic E-state index is -0.880. The first kappa shape index (κ1) is 30.1. The SMILES string of the molecule is CCOc1ccc(C[C@@H](C(=O)N[C@@H](Cc2ccccc2)C(=O)NCc2ccc(CN)cc2)c2ccoc2C(N)=O)cc1. The highest BCUT2D eigenvalue weighted by atomic mass is 16.5. The normalized spacial score (nSPS) is 12.2. The molecular weight excluding hydrogens is 532 g/mol. The Morgan fingerprint density at radius 2 is 1.45 bits per heavy atom. The largest absolute Gasteiger partial charge is 0.494 e. The molecule has 1 heterocycles. The highest BCUT2D eigenvalue weighted by Crippen LogP contribution is 2.27. The third kappa shape index (κ3) is 8.08. The lowest BCUT2D eigenvalue weighted by atomic mass is 9.90. The lowest BCUT2D eigenvalue weighted by Gasteiger charge is -2.23. The smallest absolute Gasteiger partial charge is 0.284 e. The van der Waals surface area contributed by atoms with Gasteiger partial charge >= 0.3 is 0 Å². The molecule has 0 aliphatic carbocycles. The van der Waals surface area contributed by atoms with Crippen molar-refractivity contribution < 1.29 is 23.5 Å². The second-order valence-electron chi connectivity index (χ2n) is 9.89. The summed E-state index contributed by atoms with van der Waals surface area (Å²) in [5, 5.41) is 5.88. The minimum Gasteiger partial charge on any atom is -0.494 e. The summed E-state index contributed by atoms with van der Waals surface area (Å²) in [5.74, 6) is -1.78. The van der Waals surface area contributed by atoms with Gasteiger partial charge in [-0.25, -0.2) is 0 Å². The molecule has 2 atom stereocenters. The van der Waals surface area contributed by atoms with E-state index in [4.69, 9.17) is 20.6 Å². The van der Waals surface area contributed by atoms with Crippen LogP contribution in [0.1, 0.15) is 51.2 Å². The third-order valence-corrected chi connectivity index (χ3v) is 6.93. The summed E-state index contributed by atoms with van der Waals surface area (Å²) in [6.07, 6.45) is 1.84.